The molecule has 79 heavy (non-hydrogen) atoms. The van der Waals surface area contributed by atoms with E-state index in [0.717, 1.165) is 26.2 Å². The van der Waals surface area contributed by atoms with E-state index >= 15 is 0 Å². The van der Waals surface area contributed by atoms with Crippen LogP contribution in [-0.2, 0) is 26.2 Å². The van der Waals surface area contributed by atoms with Crippen molar-refractivity contribution in [3.63, 3.8) is 0 Å². The Labute approximate surface area is 475 Å². The summed E-state index contributed by atoms with van der Waals surface area (Å²) in [4.78, 5) is 2.64. The third-order valence-electron chi connectivity index (χ3n) is 15.6. The summed E-state index contributed by atoms with van der Waals surface area (Å²) in [5.74, 6) is 0. The molecule has 0 bridgehead atoms. The second kappa shape index (κ2) is 21.8. The SMILES string of the molecule is Cc1c(-c2cc[n+](Cc3ccccc3)cc2)cc(-c2cc[n+](Cc3ccccc3)cc2)c(C)c1-c1cc2sc3cc(-c4c(C)c(-c5cc[n+](Cc6ccccc6)cc5)cc(-c5cc[n+](Cc6ccccc6)cc5)c4C)sc3c2s1. The van der Waals surface area contributed by atoms with Crippen LogP contribution in [0.4, 0.5) is 0 Å². The molecule has 0 amide bonds. The second-order valence-corrected chi connectivity index (χ2v) is 24.1. The third-order valence-corrected chi connectivity index (χ3v) is 19.5. The highest BCUT2D eigenvalue weighted by Gasteiger charge is 2.25. The molecule has 0 radical (unpaired) electrons. The van der Waals surface area contributed by atoms with Gasteiger partial charge in [-0.2, -0.15) is 0 Å². The van der Waals surface area contributed by atoms with E-state index in [9.17, 15) is 0 Å². The van der Waals surface area contributed by atoms with Gasteiger partial charge in [-0.1, -0.05) is 121 Å². The van der Waals surface area contributed by atoms with E-state index in [1.165, 1.54) is 129 Å². The van der Waals surface area contributed by atoms with Crippen LogP contribution in [0, 0.1) is 27.7 Å². The van der Waals surface area contributed by atoms with Gasteiger partial charge in [0, 0.05) is 89.9 Å². The van der Waals surface area contributed by atoms with Crippen LogP contribution in [-0.4, -0.2) is 0 Å². The zero-order valence-corrected chi connectivity index (χ0v) is 47.4. The Morgan fingerprint density at radius 2 is 0.519 bits per heavy atom. The fraction of sp³-hybridized carbons (Fsp3) is 0.111. The first-order valence-corrected chi connectivity index (χ1v) is 29.6. The molecule has 0 atom stereocenters. The van der Waals surface area contributed by atoms with Gasteiger partial charge in [0.05, 0.1) is 9.40 Å². The Balaban J connectivity index is 0.897. The van der Waals surface area contributed by atoms with Crippen LogP contribution in [0.2, 0.25) is 0 Å². The fourth-order valence-electron chi connectivity index (χ4n) is 11.5. The molecule has 7 aromatic heterocycles. The number of pyridine rings is 4. The molecule has 0 aliphatic heterocycles. The quantitative estimate of drug-likeness (QED) is 0.0965. The van der Waals surface area contributed by atoms with E-state index < -0.39 is 0 Å². The van der Waals surface area contributed by atoms with Crippen molar-refractivity contribution >= 4 is 52.8 Å². The maximum atomic E-state index is 2.48. The zero-order chi connectivity index (χ0) is 53.4. The molecule has 0 saturated heterocycles. The molecular weight excluding hydrogens is 1020 g/mol. The van der Waals surface area contributed by atoms with Crippen LogP contribution in [0.1, 0.15) is 44.5 Å². The number of fused-ring (bicyclic) bond motifs is 3. The molecule has 0 saturated carbocycles. The number of aromatic nitrogens is 4. The third kappa shape index (κ3) is 10.3. The molecule has 0 spiro atoms. The maximum absolute atomic E-state index is 2.48. The smallest absolute Gasteiger partial charge is 0.173 e. The van der Waals surface area contributed by atoms with Crippen LogP contribution < -0.4 is 18.3 Å². The molecule has 0 N–H and O–H groups in total. The molecular formula is C72H60N4S3+4. The molecule has 0 aliphatic rings. The molecule has 13 aromatic rings. The van der Waals surface area contributed by atoms with Crippen LogP contribution >= 0.6 is 34.0 Å². The van der Waals surface area contributed by atoms with Crippen LogP contribution in [0.5, 0.6) is 0 Å². The molecule has 4 nitrogen and oxygen atoms in total. The highest BCUT2D eigenvalue weighted by atomic mass is 32.1. The van der Waals surface area contributed by atoms with Crippen molar-refractivity contribution in [2.45, 2.75) is 53.9 Å². The highest BCUT2D eigenvalue weighted by molar-refractivity contribution is 7.40. The van der Waals surface area contributed by atoms with Gasteiger partial charge in [-0.25, -0.2) is 18.3 Å². The van der Waals surface area contributed by atoms with Gasteiger partial charge >= 0.3 is 0 Å². The normalized spacial score (nSPS) is 11.5. The average molecular weight is 1080 g/mol. The summed E-state index contributed by atoms with van der Waals surface area (Å²) < 4.78 is 14.5. The minimum atomic E-state index is 0.833. The predicted molar refractivity (Wildman–Crippen MR) is 330 cm³/mol. The molecule has 0 fully saturated rings. The lowest BCUT2D eigenvalue weighted by Crippen LogP contribution is -2.33. The highest BCUT2D eigenvalue weighted by Crippen LogP contribution is 2.52. The maximum Gasteiger partial charge on any atom is 0.173 e. The van der Waals surface area contributed by atoms with Gasteiger partial charge in [0.25, 0.3) is 0 Å². The molecule has 382 valence electrons. The standard InChI is InChI=1S/C72H60N4S3/c1-49-61(57-25-33-73(34-26-57)45-53-17-9-5-10-18-53)41-62(58-27-35-74(36-28-58)46-54-19-11-6-12-20-54)50(2)69(49)65-43-67-71(78-65)72-68(77-67)44-66(79-72)70-51(3)63(59-29-37-75(38-30-59)47-55-21-13-7-14-22-55)42-64(52(70)4)60-31-39-76(40-32-60)48-56-23-15-8-16-24-56/h5-44H,45-48H2,1-4H3/q+4. The molecule has 0 unspecified atom stereocenters. The summed E-state index contributed by atoms with van der Waals surface area (Å²) in [5, 5.41) is 0. The summed E-state index contributed by atoms with van der Waals surface area (Å²) in [6.45, 7) is 12.7. The number of nitrogens with zero attached hydrogens (tertiary/aromatic N) is 4. The van der Waals surface area contributed by atoms with Crippen molar-refractivity contribution in [3.8, 4) is 65.4 Å². The Morgan fingerprint density at radius 3 is 0.759 bits per heavy atom. The first kappa shape index (κ1) is 50.1. The van der Waals surface area contributed by atoms with Gasteiger partial charge in [0.15, 0.2) is 75.8 Å². The Morgan fingerprint density at radius 1 is 0.278 bits per heavy atom. The Bertz CT molecular complexity index is 3780. The summed E-state index contributed by atoms with van der Waals surface area (Å²) in [5.41, 5.74) is 23.0. The summed E-state index contributed by atoms with van der Waals surface area (Å²) in [6.07, 6.45) is 17.8. The monoisotopic (exact) mass is 1080 g/mol. The van der Waals surface area contributed by atoms with Crippen LogP contribution in [0.25, 0.3) is 84.2 Å². The van der Waals surface area contributed by atoms with E-state index in [0.29, 0.717) is 0 Å². The largest absolute Gasteiger partial charge is 0.201 e. The summed E-state index contributed by atoms with van der Waals surface area (Å²) >= 11 is 5.85. The number of rotatable bonds is 14. The zero-order valence-electron chi connectivity index (χ0n) is 44.9. The number of thiophene rings is 3. The van der Waals surface area contributed by atoms with Gasteiger partial charge < -0.3 is 0 Å². The first-order valence-electron chi connectivity index (χ1n) is 27.1. The topological polar surface area (TPSA) is 15.5 Å². The second-order valence-electron chi connectivity index (χ2n) is 20.9. The van der Waals surface area contributed by atoms with E-state index in [1.54, 1.807) is 0 Å². The minimum absolute atomic E-state index is 0.833. The van der Waals surface area contributed by atoms with Gasteiger partial charge in [0.2, 0.25) is 0 Å². The van der Waals surface area contributed by atoms with E-state index in [4.69, 9.17) is 0 Å². The Hall–Kier alpha value is -8.46. The number of benzene rings is 6. The summed E-state index contributed by atoms with van der Waals surface area (Å²) in [7, 11) is 0. The fourth-order valence-corrected chi connectivity index (χ4v) is 15.8. The molecule has 7 heterocycles. The summed E-state index contributed by atoms with van der Waals surface area (Å²) in [6, 6.07) is 71.0. The van der Waals surface area contributed by atoms with E-state index in [1.807, 2.05) is 34.0 Å². The van der Waals surface area contributed by atoms with Crippen molar-refractivity contribution in [1.29, 1.82) is 0 Å². The van der Waals surface area contributed by atoms with Crippen molar-refractivity contribution < 1.29 is 18.3 Å². The Kier molecular flexibility index (Phi) is 13.8. The average Bonchev–Trinajstić information content (AvgIpc) is 4.32. The molecule has 6 aromatic carbocycles. The number of hydrogen-bond acceptors (Lipinski definition) is 3. The molecule has 7 heteroatoms. The molecule has 0 aliphatic carbocycles. The van der Waals surface area contributed by atoms with Crippen molar-refractivity contribution in [3.05, 3.63) is 288 Å². The lowest BCUT2D eigenvalue weighted by atomic mass is 9.87. The van der Waals surface area contributed by atoms with E-state index in [-0.39, 0.29) is 0 Å². The lowest BCUT2D eigenvalue weighted by Gasteiger charge is -2.18. The minimum Gasteiger partial charge on any atom is -0.201 e. The van der Waals surface area contributed by atoms with Crippen molar-refractivity contribution in [1.82, 2.24) is 0 Å². The van der Waals surface area contributed by atoms with Crippen LogP contribution in [0.15, 0.2) is 244 Å². The van der Waals surface area contributed by atoms with E-state index in [2.05, 4.69) is 290 Å². The van der Waals surface area contributed by atoms with Crippen LogP contribution in [0.3, 0.4) is 0 Å². The van der Waals surface area contributed by atoms with Crippen molar-refractivity contribution in [2.24, 2.45) is 0 Å². The van der Waals surface area contributed by atoms with Gasteiger partial charge in [-0.3, -0.25) is 0 Å². The predicted octanol–water partition coefficient (Wildman–Crippen LogP) is 16.8. The number of hydrogen-bond donors (Lipinski definition) is 0. The first-order chi connectivity index (χ1) is 38.8. The van der Waals surface area contributed by atoms with Crippen molar-refractivity contribution in [2.75, 3.05) is 0 Å². The van der Waals surface area contributed by atoms with Gasteiger partial charge in [-0.15, -0.1) is 34.0 Å². The molecule has 13 rings (SSSR count). The lowest BCUT2D eigenvalue weighted by molar-refractivity contribution is -0.688. The van der Waals surface area contributed by atoms with Gasteiger partial charge in [0.1, 0.15) is 0 Å². The van der Waals surface area contributed by atoms with Gasteiger partial charge in [-0.05, 0) is 130 Å².